The summed E-state index contributed by atoms with van der Waals surface area (Å²) in [5.41, 5.74) is 0.803. The molecule has 2 heterocycles. The fourth-order valence-corrected chi connectivity index (χ4v) is 9.36. The fourth-order valence-electron chi connectivity index (χ4n) is 5.57. The number of thiocarbonyl (C=S) groups is 1. The van der Waals surface area contributed by atoms with Gasteiger partial charge in [-0.05, 0) is 66.3 Å². The second-order valence-electron chi connectivity index (χ2n) is 9.31. The largest absolute Gasteiger partial charge is 0.342 e. The Morgan fingerprint density at radius 1 is 0.842 bits per heavy atom. The molecule has 1 fully saturated rings. The molecular formula is C29H22Cl2N3O2PS. The zero-order chi connectivity index (χ0) is 26.7. The first-order valence-corrected chi connectivity index (χ1v) is 14.8. The molecule has 9 heteroatoms. The molecule has 1 amide bonds. The Morgan fingerprint density at radius 2 is 1.39 bits per heavy atom. The predicted molar refractivity (Wildman–Crippen MR) is 158 cm³/mol. The summed E-state index contributed by atoms with van der Waals surface area (Å²) in [5.74, 6) is -0.216. The summed E-state index contributed by atoms with van der Waals surface area (Å²) >= 11 is 18.6. The van der Waals surface area contributed by atoms with Crippen LogP contribution in [-0.2, 0) is 14.9 Å². The lowest BCUT2D eigenvalue weighted by molar-refractivity contribution is -0.124. The van der Waals surface area contributed by atoms with Crippen LogP contribution in [0.1, 0.15) is 17.2 Å². The van der Waals surface area contributed by atoms with E-state index in [-0.39, 0.29) is 11.0 Å². The summed E-state index contributed by atoms with van der Waals surface area (Å²) in [6.07, 6.45) is 0. The highest BCUT2D eigenvalue weighted by molar-refractivity contribution is 7.83. The highest BCUT2D eigenvalue weighted by atomic mass is 35.5. The van der Waals surface area contributed by atoms with E-state index >= 15 is 4.57 Å². The van der Waals surface area contributed by atoms with Gasteiger partial charge in [-0.1, -0.05) is 77.8 Å². The van der Waals surface area contributed by atoms with Gasteiger partial charge < -0.3 is 10.2 Å². The average molecular weight is 578 g/mol. The third-order valence-electron chi connectivity index (χ3n) is 7.26. The van der Waals surface area contributed by atoms with Gasteiger partial charge in [-0.15, -0.1) is 0 Å². The molecule has 38 heavy (non-hydrogen) atoms. The number of carbonyl (C=O) groups is 1. The lowest BCUT2D eigenvalue weighted by Gasteiger charge is -2.38. The van der Waals surface area contributed by atoms with Gasteiger partial charge >= 0.3 is 0 Å². The monoisotopic (exact) mass is 577 g/mol. The maximum absolute atomic E-state index is 15.6. The van der Waals surface area contributed by atoms with Gasteiger partial charge in [0.15, 0.2) is 10.7 Å². The molecule has 0 bridgehead atoms. The molecule has 6 rings (SSSR count). The number of hydrogen-bond acceptors (Lipinski definition) is 3. The molecule has 1 N–H and O–H groups in total. The van der Waals surface area contributed by atoms with E-state index in [2.05, 4.69) is 5.32 Å². The number of nitrogens with one attached hydrogen (secondary N) is 1. The van der Waals surface area contributed by atoms with Crippen LogP contribution in [0.4, 0.5) is 5.69 Å². The Morgan fingerprint density at radius 3 is 1.97 bits per heavy atom. The Balaban J connectivity index is 1.68. The maximum atomic E-state index is 15.6. The third kappa shape index (κ3) is 3.55. The van der Waals surface area contributed by atoms with E-state index in [0.717, 1.165) is 5.56 Å². The van der Waals surface area contributed by atoms with Crippen LogP contribution in [0, 0.1) is 0 Å². The summed E-state index contributed by atoms with van der Waals surface area (Å²) in [7, 11) is -1.89. The number of nitrogens with zero attached hydrogens (tertiary/aromatic N) is 2. The van der Waals surface area contributed by atoms with E-state index in [0.29, 0.717) is 31.9 Å². The minimum Gasteiger partial charge on any atom is -0.342 e. The average Bonchev–Trinajstić information content (AvgIpc) is 3.36. The lowest BCUT2D eigenvalue weighted by atomic mass is 9.81. The zero-order valence-corrected chi connectivity index (χ0v) is 23.4. The van der Waals surface area contributed by atoms with Crippen molar-refractivity contribution >= 4 is 70.0 Å². The molecule has 190 valence electrons. The van der Waals surface area contributed by atoms with Crippen molar-refractivity contribution in [2.45, 2.75) is 11.6 Å². The van der Waals surface area contributed by atoms with Crippen molar-refractivity contribution in [2.24, 2.45) is 0 Å². The molecule has 2 aliphatic heterocycles. The summed E-state index contributed by atoms with van der Waals surface area (Å²) in [6, 6.07) is 30.4. The highest BCUT2D eigenvalue weighted by Gasteiger charge is 2.65. The van der Waals surface area contributed by atoms with Gasteiger partial charge in [0.25, 0.3) is 5.91 Å². The molecule has 5 nitrogen and oxygen atoms in total. The number of amides is 1. The van der Waals surface area contributed by atoms with Gasteiger partial charge in [-0.3, -0.25) is 14.0 Å². The molecule has 1 saturated heterocycles. The van der Waals surface area contributed by atoms with Crippen LogP contribution in [-0.4, -0.2) is 22.7 Å². The Hall–Kier alpha value is -3.15. The molecule has 4 aromatic carbocycles. The smallest absolute Gasteiger partial charge is 0.259 e. The number of carbonyl (C=O) groups excluding carboxylic acids is 1. The van der Waals surface area contributed by atoms with Crippen molar-refractivity contribution in [3.05, 3.63) is 124 Å². The van der Waals surface area contributed by atoms with Crippen LogP contribution in [0.15, 0.2) is 103 Å². The second-order valence-corrected chi connectivity index (χ2v) is 13.2. The van der Waals surface area contributed by atoms with E-state index in [1.165, 1.54) is 0 Å². The van der Waals surface area contributed by atoms with Gasteiger partial charge in [-0.2, -0.15) is 0 Å². The maximum Gasteiger partial charge on any atom is 0.259 e. The van der Waals surface area contributed by atoms with Gasteiger partial charge in [-0.25, -0.2) is 0 Å². The third-order valence-corrected chi connectivity index (χ3v) is 11.2. The van der Waals surface area contributed by atoms with E-state index in [1.54, 1.807) is 40.9 Å². The minimum atomic E-state index is -3.61. The lowest BCUT2D eigenvalue weighted by Crippen LogP contribution is -2.50. The summed E-state index contributed by atoms with van der Waals surface area (Å²) in [5, 5.41) is 5.88. The Bertz CT molecular complexity index is 1570. The first-order valence-electron chi connectivity index (χ1n) is 12.0. The van der Waals surface area contributed by atoms with E-state index in [9.17, 15) is 4.79 Å². The van der Waals surface area contributed by atoms with Crippen molar-refractivity contribution in [1.82, 2.24) is 9.99 Å². The molecule has 2 atom stereocenters. The summed E-state index contributed by atoms with van der Waals surface area (Å²) < 4.78 is 17.3. The van der Waals surface area contributed by atoms with Crippen LogP contribution in [0.3, 0.4) is 0 Å². The van der Waals surface area contributed by atoms with Crippen molar-refractivity contribution in [2.75, 3.05) is 11.9 Å². The van der Waals surface area contributed by atoms with Crippen LogP contribution in [0.25, 0.3) is 0 Å². The van der Waals surface area contributed by atoms with Crippen LogP contribution in [0.5, 0.6) is 0 Å². The summed E-state index contributed by atoms with van der Waals surface area (Å²) in [6.45, 7) is 0. The molecule has 0 aliphatic carbocycles. The first kappa shape index (κ1) is 25.1. The van der Waals surface area contributed by atoms with Crippen molar-refractivity contribution in [1.29, 1.82) is 0 Å². The van der Waals surface area contributed by atoms with Gasteiger partial charge in [0, 0.05) is 33.3 Å². The predicted octanol–water partition coefficient (Wildman–Crippen LogP) is 6.03. The Labute approximate surface area is 236 Å². The number of rotatable bonds is 4. The molecule has 0 saturated carbocycles. The highest BCUT2D eigenvalue weighted by Crippen LogP contribution is 2.62. The minimum absolute atomic E-state index is 0.216. The molecular weight excluding hydrogens is 556 g/mol. The number of hydrogen-bond donors (Lipinski definition) is 1. The van der Waals surface area contributed by atoms with E-state index in [4.69, 9.17) is 35.4 Å². The normalized spacial score (nSPS) is 20.7. The topological polar surface area (TPSA) is 52.7 Å². The zero-order valence-electron chi connectivity index (χ0n) is 20.2. The number of fused-ring (bicyclic) bond motifs is 2. The quantitative estimate of drug-likeness (QED) is 0.237. The van der Waals surface area contributed by atoms with Gasteiger partial charge in [0.05, 0.1) is 11.7 Å². The molecule has 0 unspecified atom stereocenters. The molecule has 0 radical (unpaired) electrons. The van der Waals surface area contributed by atoms with Crippen LogP contribution < -0.4 is 20.8 Å². The standard InChI is InChI=1S/C29H22Cl2N3O2PS/c1-33-25-18-21(31)16-17-24(25)29(27(33)35)26(19-12-14-20(30)15-13-19)34(28(38)32-29)37(36,22-8-4-2-5-9-22)23-10-6-3-7-11-23/h2-18,26H,1H3,(H,32,38)/t26-,29+/m1/s1. The Kier molecular flexibility index (Phi) is 6.12. The SMILES string of the molecule is CN1C(=O)[C@]2(NC(=S)N(P(=O)(c3ccccc3)c3ccccc3)[C@@H]2c2ccc(Cl)cc2)c2ccc(Cl)cc21. The van der Waals surface area contributed by atoms with Gasteiger partial charge in [0.2, 0.25) is 7.29 Å². The summed E-state index contributed by atoms with van der Waals surface area (Å²) in [4.78, 5) is 15.8. The van der Waals surface area contributed by atoms with Gasteiger partial charge in [0.1, 0.15) is 0 Å². The number of anilines is 1. The van der Waals surface area contributed by atoms with E-state index in [1.807, 2.05) is 78.9 Å². The first-order chi connectivity index (χ1) is 18.3. The number of benzene rings is 4. The van der Waals surface area contributed by atoms with Crippen molar-refractivity contribution in [3.8, 4) is 0 Å². The van der Waals surface area contributed by atoms with Crippen LogP contribution in [0.2, 0.25) is 10.0 Å². The number of likely N-dealkylation sites (N-methyl/N-ethyl adjacent to an activating group) is 1. The van der Waals surface area contributed by atoms with Crippen molar-refractivity contribution in [3.63, 3.8) is 0 Å². The number of halogens is 2. The molecule has 0 aromatic heterocycles. The fraction of sp³-hybridized carbons (Fsp3) is 0.103. The van der Waals surface area contributed by atoms with Crippen molar-refractivity contribution < 1.29 is 9.36 Å². The molecule has 1 spiro atoms. The second kappa shape index (κ2) is 9.25. The molecule has 4 aromatic rings. The van der Waals surface area contributed by atoms with E-state index < -0.39 is 18.9 Å². The van der Waals surface area contributed by atoms with Crippen LogP contribution >= 0.6 is 42.7 Å². The molecule has 2 aliphatic rings.